The molecular weight excluding hydrogens is 322 g/mol. The minimum atomic E-state index is 0.145. The number of ether oxygens (including phenoxy) is 1. The normalized spacial score (nSPS) is 31.7. The molecule has 26 heavy (non-hydrogen) atoms. The first kappa shape index (κ1) is 18.4. The molecule has 3 aliphatic rings. The number of likely N-dealkylation sites (tertiary alicyclic amines) is 1. The Labute approximate surface area is 159 Å². The van der Waals surface area contributed by atoms with Gasteiger partial charge in [0.15, 0.2) is 0 Å². The number of likely N-dealkylation sites (N-methyl/N-ethyl adjacent to an activating group) is 1. The lowest BCUT2D eigenvalue weighted by Gasteiger charge is -2.42. The summed E-state index contributed by atoms with van der Waals surface area (Å²) < 4.78 is 6.75. The molecule has 3 saturated heterocycles. The highest BCUT2D eigenvalue weighted by Crippen LogP contribution is 2.37. The Morgan fingerprint density at radius 2 is 1.81 bits per heavy atom. The zero-order valence-electron chi connectivity index (χ0n) is 16.4. The minimum Gasteiger partial charge on any atom is -0.369 e. The summed E-state index contributed by atoms with van der Waals surface area (Å²) in [6, 6.07) is 10.9. The van der Waals surface area contributed by atoms with Gasteiger partial charge in [-0.2, -0.15) is 0 Å². The van der Waals surface area contributed by atoms with Crippen LogP contribution in [0.5, 0.6) is 0 Å². The van der Waals surface area contributed by atoms with Crippen molar-refractivity contribution in [3.8, 4) is 0 Å². The first-order chi connectivity index (χ1) is 12.7. The summed E-state index contributed by atoms with van der Waals surface area (Å²) in [5.41, 5.74) is 1.59. The van der Waals surface area contributed by atoms with Crippen LogP contribution in [0.1, 0.15) is 31.2 Å². The van der Waals surface area contributed by atoms with Gasteiger partial charge in [0.2, 0.25) is 0 Å². The molecule has 0 bridgehead atoms. The molecule has 4 heteroatoms. The largest absolute Gasteiger partial charge is 0.369 e. The summed E-state index contributed by atoms with van der Waals surface area (Å²) in [5, 5.41) is 0. The first-order valence-corrected chi connectivity index (χ1v) is 10.6. The fourth-order valence-corrected chi connectivity index (χ4v) is 4.92. The van der Waals surface area contributed by atoms with Crippen LogP contribution in [0.3, 0.4) is 0 Å². The molecule has 0 amide bonds. The number of nitrogens with zero attached hydrogens (tertiary/aromatic N) is 3. The van der Waals surface area contributed by atoms with E-state index in [2.05, 4.69) is 52.1 Å². The van der Waals surface area contributed by atoms with Gasteiger partial charge in [0.1, 0.15) is 0 Å². The molecule has 144 valence electrons. The van der Waals surface area contributed by atoms with Crippen molar-refractivity contribution >= 4 is 0 Å². The Morgan fingerprint density at radius 1 is 1.00 bits per heavy atom. The van der Waals surface area contributed by atoms with Crippen molar-refractivity contribution in [1.82, 2.24) is 14.7 Å². The van der Waals surface area contributed by atoms with Crippen LogP contribution in [-0.2, 0) is 11.2 Å². The molecule has 4 nitrogen and oxygen atoms in total. The number of hydrogen-bond donors (Lipinski definition) is 0. The van der Waals surface area contributed by atoms with Gasteiger partial charge < -0.3 is 14.5 Å². The lowest BCUT2D eigenvalue weighted by Crippen LogP contribution is -2.51. The minimum absolute atomic E-state index is 0.145. The van der Waals surface area contributed by atoms with Crippen molar-refractivity contribution in [2.75, 3.05) is 59.4 Å². The van der Waals surface area contributed by atoms with E-state index in [1.54, 1.807) is 0 Å². The molecule has 1 aromatic rings. The van der Waals surface area contributed by atoms with Gasteiger partial charge in [0.05, 0.1) is 11.7 Å². The average molecular weight is 358 g/mol. The summed E-state index contributed by atoms with van der Waals surface area (Å²) in [4.78, 5) is 7.68. The Hall–Kier alpha value is -0.940. The van der Waals surface area contributed by atoms with Crippen molar-refractivity contribution in [1.29, 1.82) is 0 Å². The molecule has 0 saturated carbocycles. The lowest BCUT2D eigenvalue weighted by molar-refractivity contribution is -0.130. The molecular formula is C22H35N3O. The predicted molar refractivity (Wildman–Crippen MR) is 107 cm³/mol. The zero-order chi connectivity index (χ0) is 17.8. The highest BCUT2D eigenvalue weighted by atomic mass is 16.5. The summed E-state index contributed by atoms with van der Waals surface area (Å²) in [6.45, 7) is 9.44. The van der Waals surface area contributed by atoms with Crippen molar-refractivity contribution < 1.29 is 4.74 Å². The molecule has 0 N–H and O–H groups in total. The molecule has 0 aromatic heterocycles. The molecule has 0 aliphatic carbocycles. The van der Waals surface area contributed by atoms with E-state index in [4.69, 9.17) is 4.74 Å². The molecule has 2 atom stereocenters. The second-order valence-electron chi connectivity index (χ2n) is 8.68. The summed E-state index contributed by atoms with van der Waals surface area (Å²) in [5.74, 6) is 0. The maximum absolute atomic E-state index is 6.75. The van der Waals surface area contributed by atoms with E-state index in [9.17, 15) is 0 Å². The van der Waals surface area contributed by atoms with Crippen molar-refractivity contribution in [3.05, 3.63) is 35.9 Å². The molecule has 1 aromatic carbocycles. The fraction of sp³-hybridized carbons (Fsp3) is 0.727. The highest BCUT2D eigenvalue weighted by Gasteiger charge is 2.43. The number of hydrogen-bond acceptors (Lipinski definition) is 4. The third-order valence-electron chi connectivity index (χ3n) is 6.59. The topological polar surface area (TPSA) is 19.0 Å². The number of rotatable bonds is 5. The molecule has 4 rings (SSSR count). The van der Waals surface area contributed by atoms with E-state index in [0.717, 1.165) is 26.1 Å². The monoisotopic (exact) mass is 357 g/mol. The Kier molecular flexibility index (Phi) is 5.94. The maximum Gasteiger partial charge on any atom is 0.0825 e. The van der Waals surface area contributed by atoms with Gasteiger partial charge in [-0.15, -0.1) is 0 Å². The van der Waals surface area contributed by atoms with Gasteiger partial charge in [-0.1, -0.05) is 30.3 Å². The third-order valence-corrected chi connectivity index (χ3v) is 6.59. The van der Waals surface area contributed by atoms with Crippen LogP contribution < -0.4 is 0 Å². The van der Waals surface area contributed by atoms with E-state index < -0.39 is 0 Å². The smallest absolute Gasteiger partial charge is 0.0825 e. The zero-order valence-corrected chi connectivity index (χ0v) is 16.4. The van der Waals surface area contributed by atoms with Crippen LogP contribution in [0.15, 0.2) is 30.3 Å². The first-order valence-electron chi connectivity index (χ1n) is 10.6. The summed E-state index contributed by atoms with van der Waals surface area (Å²) in [6.07, 6.45) is 6.67. The second kappa shape index (κ2) is 8.39. The van der Waals surface area contributed by atoms with Crippen LogP contribution in [0.25, 0.3) is 0 Å². The van der Waals surface area contributed by atoms with Crippen molar-refractivity contribution in [2.45, 2.75) is 43.8 Å². The lowest BCUT2D eigenvalue weighted by atomic mass is 9.90. The molecule has 3 heterocycles. The van der Waals surface area contributed by atoms with E-state index in [-0.39, 0.29) is 5.60 Å². The van der Waals surface area contributed by atoms with Crippen LogP contribution >= 0.6 is 0 Å². The third kappa shape index (κ3) is 4.66. The average Bonchev–Trinajstić information content (AvgIpc) is 3.05. The van der Waals surface area contributed by atoms with E-state index >= 15 is 0 Å². The maximum atomic E-state index is 6.75. The molecule has 3 fully saturated rings. The van der Waals surface area contributed by atoms with Crippen LogP contribution in [0.4, 0.5) is 0 Å². The predicted octanol–water partition coefficient (Wildman–Crippen LogP) is 2.49. The van der Waals surface area contributed by atoms with Gasteiger partial charge >= 0.3 is 0 Å². The van der Waals surface area contributed by atoms with E-state index in [0.29, 0.717) is 6.10 Å². The second-order valence-corrected chi connectivity index (χ2v) is 8.68. The fourth-order valence-electron chi connectivity index (χ4n) is 4.92. The quantitative estimate of drug-likeness (QED) is 0.806. The van der Waals surface area contributed by atoms with Crippen molar-refractivity contribution in [3.63, 3.8) is 0 Å². The van der Waals surface area contributed by atoms with E-state index in [1.165, 1.54) is 64.0 Å². The molecule has 1 spiro atoms. The molecule has 0 unspecified atom stereocenters. The van der Waals surface area contributed by atoms with Gasteiger partial charge in [-0.3, -0.25) is 4.90 Å². The Morgan fingerprint density at radius 3 is 2.62 bits per heavy atom. The SMILES string of the molecule is CN1CCN(C[C@@H]2CCC[C@@]3(CCN(CCc4ccccc4)C3)O2)CC1. The van der Waals surface area contributed by atoms with E-state index in [1.807, 2.05) is 0 Å². The standard InChI is InChI=1S/C22H35N3O/c1-23-14-16-24(17-15-23)18-21-8-5-10-22(26-21)11-13-25(19-22)12-9-20-6-3-2-4-7-20/h2-4,6-7,21H,5,8-19H2,1H3/t21-,22-/m0/s1. The van der Waals surface area contributed by atoms with Crippen LogP contribution in [0, 0.1) is 0 Å². The number of piperazine rings is 1. The van der Waals surface area contributed by atoms with Gasteiger partial charge in [0.25, 0.3) is 0 Å². The Bertz CT molecular complexity index is 558. The molecule has 0 radical (unpaired) electrons. The van der Waals surface area contributed by atoms with Gasteiger partial charge in [-0.05, 0) is 44.7 Å². The molecule has 3 aliphatic heterocycles. The highest BCUT2D eigenvalue weighted by molar-refractivity contribution is 5.15. The number of benzene rings is 1. The van der Waals surface area contributed by atoms with Crippen LogP contribution in [0.2, 0.25) is 0 Å². The van der Waals surface area contributed by atoms with Gasteiger partial charge in [-0.25, -0.2) is 0 Å². The van der Waals surface area contributed by atoms with Crippen LogP contribution in [-0.4, -0.2) is 85.8 Å². The Balaban J connectivity index is 1.25. The van der Waals surface area contributed by atoms with Gasteiger partial charge in [0, 0.05) is 52.4 Å². The summed E-state index contributed by atoms with van der Waals surface area (Å²) >= 11 is 0. The summed E-state index contributed by atoms with van der Waals surface area (Å²) in [7, 11) is 2.23. The van der Waals surface area contributed by atoms with Crippen molar-refractivity contribution in [2.24, 2.45) is 0 Å².